The van der Waals surface area contributed by atoms with Crippen LogP contribution >= 0.6 is 0 Å². The third-order valence-corrected chi connectivity index (χ3v) is 5.25. The van der Waals surface area contributed by atoms with Crippen LogP contribution in [0.5, 0.6) is 0 Å². The standard InChI is InChI=1S/C25H20F2N4O3/c1-16(18-5-3-2-4-6-18)28-23(32)22-24(33)30(15-17-7-9-19(26)10-8-17)25(34)31(29-22)21-13-11-20(27)12-14-21/h2-14,16H,15H2,1H3,(H,28,32)/t16-/m1/s1. The maximum Gasteiger partial charge on any atom is 0.352 e. The van der Waals surface area contributed by atoms with Gasteiger partial charge in [-0.2, -0.15) is 9.78 Å². The highest BCUT2D eigenvalue weighted by Crippen LogP contribution is 2.12. The number of amides is 1. The first-order chi connectivity index (χ1) is 16.3. The van der Waals surface area contributed by atoms with E-state index in [1.165, 1.54) is 36.4 Å². The summed E-state index contributed by atoms with van der Waals surface area (Å²) in [6.45, 7) is 1.54. The van der Waals surface area contributed by atoms with E-state index in [9.17, 15) is 23.2 Å². The molecular weight excluding hydrogens is 442 g/mol. The highest BCUT2D eigenvalue weighted by molar-refractivity contribution is 5.92. The van der Waals surface area contributed by atoms with Crippen LogP contribution in [0, 0.1) is 11.6 Å². The van der Waals surface area contributed by atoms with Crippen molar-refractivity contribution in [3.8, 4) is 5.69 Å². The van der Waals surface area contributed by atoms with Gasteiger partial charge in [0, 0.05) is 0 Å². The van der Waals surface area contributed by atoms with E-state index in [0.29, 0.717) is 5.56 Å². The molecule has 0 saturated carbocycles. The monoisotopic (exact) mass is 462 g/mol. The normalized spacial score (nSPS) is 11.7. The first-order valence-electron chi connectivity index (χ1n) is 10.4. The van der Waals surface area contributed by atoms with Gasteiger partial charge in [0.25, 0.3) is 11.5 Å². The molecule has 9 heteroatoms. The molecule has 1 aromatic heterocycles. The summed E-state index contributed by atoms with van der Waals surface area (Å²) in [5.74, 6) is -1.76. The molecule has 4 rings (SSSR count). The third-order valence-electron chi connectivity index (χ3n) is 5.25. The van der Waals surface area contributed by atoms with E-state index in [-0.39, 0.29) is 12.2 Å². The number of nitrogens with one attached hydrogen (secondary N) is 1. The number of benzene rings is 3. The van der Waals surface area contributed by atoms with Gasteiger partial charge in [0.05, 0.1) is 18.3 Å². The van der Waals surface area contributed by atoms with E-state index in [1.807, 2.05) is 30.3 Å². The van der Waals surface area contributed by atoms with E-state index in [4.69, 9.17) is 0 Å². The van der Waals surface area contributed by atoms with Gasteiger partial charge in [-0.25, -0.2) is 13.6 Å². The first-order valence-corrected chi connectivity index (χ1v) is 10.4. The number of carbonyl (C=O) groups is 1. The topological polar surface area (TPSA) is 86.0 Å². The van der Waals surface area contributed by atoms with Crippen LogP contribution in [-0.2, 0) is 6.54 Å². The number of rotatable bonds is 6. The Labute approximate surface area is 192 Å². The summed E-state index contributed by atoms with van der Waals surface area (Å²) in [5, 5.41) is 6.73. The van der Waals surface area contributed by atoms with Crippen LogP contribution < -0.4 is 16.6 Å². The lowest BCUT2D eigenvalue weighted by molar-refractivity contribution is 0.0930. The molecule has 0 radical (unpaired) electrons. The van der Waals surface area contributed by atoms with Crippen molar-refractivity contribution in [2.75, 3.05) is 0 Å². The minimum Gasteiger partial charge on any atom is -0.344 e. The van der Waals surface area contributed by atoms with E-state index in [0.717, 1.165) is 26.9 Å². The number of aromatic nitrogens is 3. The quantitative estimate of drug-likeness (QED) is 0.477. The molecule has 4 aromatic rings. The van der Waals surface area contributed by atoms with E-state index < -0.39 is 40.5 Å². The van der Waals surface area contributed by atoms with Crippen molar-refractivity contribution in [3.05, 3.63) is 128 Å². The Kier molecular flexibility index (Phi) is 6.44. The summed E-state index contributed by atoms with van der Waals surface area (Å²) in [5.41, 5.74) is -0.770. The Morgan fingerprint density at radius 1 is 0.912 bits per heavy atom. The van der Waals surface area contributed by atoms with Crippen molar-refractivity contribution in [1.29, 1.82) is 0 Å². The SMILES string of the molecule is C[C@@H](NC(=O)c1nn(-c2ccc(F)cc2)c(=O)n(Cc2ccc(F)cc2)c1=O)c1ccccc1. The molecule has 172 valence electrons. The summed E-state index contributed by atoms with van der Waals surface area (Å²) in [6, 6.07) is 18.9. The lowest BCUT2D eigenvalue weighted by atomic mass is 10.1. The Morgan fingerprint density at radius 3 is 2.12 bits per heavy atom. The van der Waals surface area contributed by atoms with Crippen LogP contribution in [0.4, 0.5) is 8.78 Å². The maximum absolute atomic E-state index is 13.4. The van der Waals surface area contributed by atoms with Gasteiger partial charge in [0.1, 0.15) is 11.6 Å². The second kappa shape index (κ2) is 9.62. The molecule has 1 amide bonds. The van der Waals surface area contributed by atoms with Crippen LogP contribution in [0.2, 0.25) is 0 Å². The molecule has 0 saturated heterocycles. The van der Waals surface area contributed by atoms with Crippen molar-refractivity contribution in [2.24, 2.45) is 0 Å². The molecule has 0 aliphatic carbocycles. The van der Waals surface area contributed by atoms with Crippen molar-refractivity contribution >= 4 is 5.91 Å². The van der Waals surface area contributed by atoms with E-state index in [2.05, 4.69) is 10.4 Å². The lowest BCUT2D eigenvalue weighted by Crippen LogP contribution is -2.46. The summed E-state index contributed by atoms with van der Waals surface area (Å²) < 4.78 is 28.4. The lowest BCUT2D eigenvalue weighted by Gasteiger charge is -2.15. The van der Waals surface area contributed by atoms with Gasteiger partial charge in [0.2, 0.25) is 5.69 Å². The zero-order valence-corrected chi connectivity index (χ0v) is 18.1. The second-order valence-corrected chi connectivity index (χ2v) is 7.64. The number of nitrogens with zero attached hydrogens (tertiary/aromatic N) is 3. The zero-order chi connectivity index (χ0) is 24.2. The van der Waals surface area contributed by atoms with Gasteiger partial charge in [-0.05, 0) is 54.4 Å². The van der Waals surface area contributed by atoms with Gasteiger partial charge in [-0.1, -0.05) is 42.5 Å². The fourth-order valence-corrected chi connectivity index (χ4v) is 3.41. The fourth-order valence-electron chi connectivity index (χ4n) is 3.41. The molecule has 7 nitrogen and oxygen atoms in total. The molecule has 34 heavy (non-hydrogen) atoms. The molecule has 3 aromatic carbocycles. The Bertz CT molecular complexity index is 1430. The molecule has 0 bridgehead atoms. The average molecular weight is 462 g/mol. The predicted molar refractivity (Wildman–Crippen MR) is 122 cm³/mol. The molecular formula is C25H20F2N4O3. The molecule has 1 heterocycles. The average Bonchev–Trinajstić information content (AvgIpc) is 2.84. The Hall–Kier alpha value is -4.40. The van der Waals surface area contributed by atoms with Gasteiger partial charge in [-0.3, -0.25) is 14.2 Å². The number of hydrogen-bond acceptors (Lipinski definition) is 4. The highest BCUT2D eigenvalue weighted by atomic mass is 19.1. The summed E-state index contributed by atoms with van der Waals surface area (Å²) in [7, 11) is 0. The highest BCUT2D eigenvalue weighted by Gasteiger charge is 2.22. The van der Waals surface area contributed by atoms with E-state index in [1.54, 1.807) is 6.92 Å². The Balaban J connectivity index is 1.80. The minimum absolute atomic E-state index is 0.171. The molecule has 0 aliphatic rings. The number of halogens is 2. The number of hydrogen-bond donors (Lipinski definition) is 1. The van der Waals surface area contributed by atoms with Crippen molar-refractivity contribution in [2.45, 2.75) is 19.5 Å². The van der Waals surface area contributed by atoms with Crippen molar-refractivity contribution in [1.82, 2.24) is 19.7 Å². The predicted octanol–water partition coefficient (Wildman–Crippen LogP) is 3.21. The zero-order valence-electron chi connectivity index (χ0n) is 18.1. The molecule has 1 N–H and O–H groups in total. The fraction of sp³-hybridized carbons (Fsp3) is 0.120. The largest absolute Gasteiger partial charge is 0.352 e. The van der Waals surface area contributed by atoms with Gasteiger partial charge in [0.15, 0.2) is 0 Å². The smallest absolute Gasteiger partial charge is 0.344 e. The maximum atomic E-state index is 13.4. The van der Waals surface area contributed by atoms with Crippen LogP contribution in [0.3, 0.4) is 0 Å². The van der Waals surface area contributed by atoms with Gasteiger partial charge in [-0.15, -0.1) is 0 Å². The summed E-state index contributed by atoms with van der Waals surface area (Å²) >= 11 is 0. The molecule has 0 aliphatic heterocycles. The number of carbonyl (C=O) groups excluding carboxylic acids is 1. The van der Waals surface area contributed by atoms with Crippen LogP contribution in [0.25, 0.3) is 5.69 Å². The second-order valence-electron chi connectivity index (χ2n) is 7.64. The Morgan fingerprint density at radius 2 is 1.50 bits per heavy atom. The van der Waals surface area contributed by atoms with Crippen LogP contribution in [-0.4, -0.2) is 20.3 Å². The van der Waals surface area contributed by atoms with Gasteiger partial charge >= 0.3 is 5.69 Å². The van der Waals surface area contributed by atoms with Crippen LogP contribution in [0.1, 0.15) is 34.6 Å². The van der Waals surface area contributed by atoms with Crippen molar-refractivity contribution < 1.29 is 13.6 Å². The summed E-state index contributed by atoms with van der Waals surface area (Å²) in [4.78, 5) is 39.3. The van der Waals surface area contributed by atoms with Gasteiger partial charge < -0.3 is 5.32 Å². The minimum atomic E-state index is -0.898. The van der Waals surface area contributed by atoms with Crippen molar-refractivity contribution in [3.63, 3.8) is 0 Å². The molecule has 0 unspecified atom stereocenters. The third kappa shape index (κ3) is 4.83. The molecule has 0 fully saturated rings. The summed E-state index contributed by atoms with van der Waals surface area (Å²) in [6.07, 6.45) is 0. The van der Waals surface area contributed by atoms with Crippen LogP contribution in [0.15, 0.2) is 88.5 Å². The molecule has 1 atom stereocenters. The molecule has 0 spiro atoms. The first kappa shape index (κ1) is 22.8. The van der Waals surface area contributed by atoms with E-state index >= 15 is 0 Å².